The average Bonchev–Trinajstić information content (AvgIpc) is 2.38. The number of rotatable bonds is 4. The summed E-state index contributed by atoms with van der Waals surface area (Å²) in [5.41, 5.74) is 5.90. The van der Waals surface area contributed by atoms with Crippen LogP contribution in [0.25, 0.3) is 0 Å². The lowest BCUT2D eigenvalue weighted by Gasteiger charge is -2.32. The van der Waals surface area contributed by atoms with Gasteiger partial charge in [0.15, 0.2) is 5.75 Å². The fourth-order valence-electron chi connectivity index (χ4n) is 2.35. The van der Waals surface area contributed by atoms with Gasteiger partial charge in [-0.1, -0.05) is 31.4 Å². The van der Waals surface area contributed by atoms with Crippen molar-refractivity contribution >= 4 is 5.69 Å². The van der Waals surface area contributed by atoms with E-state index in [2.05, 4.69) is 0 Å². The Morgan fingerprint density at radius 3 is 2.61 bits per heavy atom. The van der Waals surface area contributed by atoms with Crippen LogP contribution in [-0.2, 0) is 0 Å². The molecular weight excluding hydrogens is 232 g/mol. The van der Waals surface area contributed by atoms with Crippen LogP contribution in [0.2, 0.25) is 0 Å². The van der Waals surface area contributed by atoms with Crippen LogP contribution in [-0.4, -0.2) is 17.1 Å². The Morgan fingerprint density at radius 2 is 1.94 bits per heavy atom. The SMILES string of the molecule is NC1(COc2ccccc2[N+](=O)[O-])CCCCC1. The van der Waals surface area contributed by atoms with E-state index in [0.29, 0.717) is 12.4 Å². The molecule has 2 rings (SSSR count). The minimum atomic E-state index is -0.431. The summed E-state index contributed by atoms with van der Waals surface area (Å²) >= 11 is 0. The highest BCUT2D eigenvalue weighted by Crippen LogP contribution is 2.30. The molecule has 0 bridgehead atoms. The maximum Gasteiger partial charge on any atom is 0.310 e. The van der Waals surface area contributed by atoms with Gasteiger partial charge < -0.3 is 10.5 Å². The second-order valence-corrected chi connectivity index (χ2v) is 4.94. The molecule has 0 radical (unpaired) electrons. The summed E-state index contributed by atoms with van der Waals surface area (Å²) in [5.74, 6) is 0.304. The largest absolute Gasteiger partial charge is 0.485 e. The first-order valence-electron chi connectivity index (χ1n) is 6.26. The van der Waals surface area contributed by atoms with Crippen LogP contribution in [0.15, 0.2) is 24.3 Å². The smallest absolute Gasteiger partial charge is 0.310 e. The molecule has 0 amide bonds. The Balaban J connectivity index is 2.03. The van der Waals surface area contributed by atoms with Crippen molar-refractivity contribution in [3.8, 4) is 5.75 Å². The average molecular weight is 250 g/mol. The zero-order valence-electron chi connectivity index (χ0n) is 10.3. The van der Waals surface area contributed by atoms with Gasteiger partial charge in [0, 0.05) is 6.07 Å². The lowest BCUT2D eigenvalue weighted by molar-refractivity contribution is -0.385. The first-order chi connectivity index (χ1) is 8.61. The topological polar surface area (TPSA) is 78.4 Å². The molecule has 5 nitrogen and oxygen atoms in total. The van der Waals surface area contributed by atoms with E-state index in [1.54, 1.807) is 18.2 Å². The Morgan fingerprint density at radius 1 is 1.28 bits per heavy atom. The predicted molar refractivity (Wildman–Crippen MR) is 68.6 cm³/mol. The second kappa shape index (κ2) is 5.35. The minimum Gasteiger partial charge on any atom is -0.485 e. The lowest BCUT2D eigenvalue weighted by Crippen LogP contribution is -2.47. The van der Waals surface area contributed by atoms with Gasteiger partial charge in [0.1, 0.15) is 6.61 Å². The van der Waals surface area contributed by atoms with E-state index in [9.17, 15) is 10.1 Å². The molecule has 0 atom stereocenters. The van der Waals surface area contributed by atoms with Gasteiger partial charge in [-0.3, -0.25) is 10.1 Å². The number of benzene rings is 1. The zero-order valence-corrected chi connectivity index (χ0v) is 10.3. The summed E-state index contributed by atoms with van der Waals surface area (Å²) in [5, 5.41) is 10.8. The third kappa shape index (κ3) is 2.98. The number of nitro groups is 1. The van der Waals surface area contributed by atoms with Gasteiger partial charge in [-0.25, -0.2) is 0 Å². The number of hydrogen-bond acceptors (Lipinski definition) is 4. The molecule has 98 valence electrons. The van der Waals surface area contributed by atoms with Gasteiger partial charge in [0.25, 0.3) is 0 Å². The van der Waals surface area contributed by atoms with Crippen molar-refractivity contribution < 1.29 is 9.66 Å². The summed E-state index contributed by atoms with van der Waals surface area (Å²) in [6.45, 7) is 0.345. The van der Waals surface area contributed by atoms with Crippen LogP contribution in [0.5, 0.6) is 5.75 Å². The van der Waals surface area contributed by atoms with E-state index >= 15 is 0 Å². The van der Waals surface area contributed by atoms with Gasteiger partial charge in [-0.2, -0.15) is 0 Å². The van der Waals surface area contributed by atoms with Gasteiger partial charge in [-0.05, 0) is 18.9 Å². The Bertz CT molecular complexity index is 428. The Labute approximate surface area is 106 Å². The standard InChI is InChI=1S/C13H18N2O3/c14-13(8-4-1-5-9-13)10-18-12-7-3-2-6-11(12)15(16)17/h2-3,6-7H,1,4-5,8-10,14H2. The first-order valence-corrected chi connectivity index (χ1v) is 6.26. The van der Waals surface area contributed by atoms with Gasteiger partial charge in [0.2, 0.25) is 0 Å². The maximum absolute atomic E-state index is 10.8. The van der Waals surface area contributed by atoms with Gasteiger partial charge >= 0.3 is 5.69 Å². The van der Waals surface area contributed by atoms with Crippen molar-refractivity contribution in [3.63, 3.8) is 0 Å². The second-order valence-electron chi connectivity index (χ2n) is 4.94. The van der Waals surface area contributed by atoms with Crippen molar-refractivity contribution in [3.05, 3.63) is 34.4 Å². The molecule has 0 heterocycles. The molecule has 18 heavy (non-hydrogen) atoms. The molecule has 5 heteroatoms. The summed E-state index contributed by atoms with van der Waals surface area (Å²) in [4.78, 5) is 10.4. The molecule has 1 aliphatic rings. The van der Waals surface area contributed by atoms with E-state index < -0.39 is 4.92 Å². The van der Waals surface area contributed by atoms with E-state index in [1.165, 1.54) is 12.5 Å². The molecule has 1 fully saturated rings. The summed E-state index contributed by atoms with van der Waals surface area (Å²) < 4.78 is 5.57. The molecule has 0 spiro atoms. The lowest BCUT2D eigenvalue weighted by atomic mass is 9.83. The summed E-state index contributed by atoms with van der Waals surface area (Å²) in [6.07, 6.45) is 5.28. The molecule has 0 aliphatic heterocycles. The highest BCUT2D eigenvalue weighted by Gasteiger charge is 2.29. The number of nitrogens with two attached hydrogens (primary N) is 1. The maximum atomic E-state index is 10.8. The van der Waals surface area contributed by atoms with Crippen molar-refractivity contribution in [2.75, 3.05) is 6.61 Å². The van der Waals surface area contributed by atoms with Crippen LogP contribution < -0.4 is 10.5 Å². The summed E-state index contributed by atoms with van der Waals surface area (Å²) in [7, 11) is 0. The molecule has 2 N–H and O–H groups in total. The fourth-order valence-corrected chi connectivity index (χ4v) is 2.35. The van der Waals surface area contributed by atoms with Gasteiger partial charge in [-0.15, -0.1) is 0 Å². The van der Waals surface area contributed by atoms with Crippen LogP contribution in [0.3, 0.4) is 0 Å². The van der Waals surface area contributed by atoms with E-state index in [-0.39, 0.29) is 11.2 Å². The van der Waals surface area contributed by atoms with Crippen LogP contribution in [0.4, 0.5) is 5.69 Å². The van der Waals surface area contributed by atoms with Crippen LogP contribution >= 0.6 is 0 Å². The van der Waals surface area contributed by atoms with E-state index in [4.69, 9.17) is 10.5 Å². The predicted octanol–water partition coefficient (Wildman–Crippen LogP) is 2.64. The molecule has 1 saturated carbocycles. The molecule has 1 aromatic carbocycles. The Hall–Kier alpha value is -1.62. The number of nitrogens with zero attached hydrogens (tertiary/aromatic N) is 1. The van der Waals surface area contributed by atoms with Crippen LogP contribution in [0, 0.1) is 10.1 Å². The van der Waals surface area contributed by atoms with E-state index in [0.717, 1.165) is 25.7 Å². The third-order valence-corrected chi connectivity index (χ3v) is 3.43. The normalized spacial score (nSPS) is 18.3. The molecule has 0 saturated heterocycles. The molecule has 0 unspecified atom stereocenters. The van der Waals surface area contributed by atoms with Crippen molar-refractivity contribution in [2.45, 2.75) is 37.6 Å². The van der Waals surface area contributed by atoms with Gasteiger partial charge in [0.05, 0.1) is 10.5 Å². The quantitative estimate of drug-likeness (QED) is 0.658. The number of nitro benzene ring substituents is 1. The number of para-hydroxylation sites is 2. The Kier molecular flexibility index (Phi) is 3.81. The molecule has 1 aromatic rings. The van der Waals surface area contributed by atoms with E-state index in [1.807, 2.05) is 0 Å². The van der Waals surface area contributed by atoms with Crippen molar-refractivity contribution in [2.24, 2.45) is 5.73 Å². The van der Waals surface area contributed by atoms with Crippen molar-refractivity contribution in [1.29, 1.82) is 0 Å². The number of ether oxygens (including phenoxy) is 1. The van der Waals surface area contributed by atoms with Crippen molar-refractivity contribution in [1.82, 2.24) is 0 Å². The third-order valence-electron chi connectivity index (χ3n) is 3.43. The monoisotopic (exact) mass is 250 g/mol. The first kappa shape index (κ1) is 12.8. The molecule has 0 aromatic heterocycles. The molecular formula is C13H18N2O3. The summed E-state index contributed by atoms with van der Waals surface area (Å²) in [6, 6.07) is 6.42. The minimum absolute atomic E-state index is 0.00286. The van der Waals surface area contributed by atoms with Crippen LogP contribution in [0.1, 0.15) is 32.1 Å². The highest BCUT2D eigenvalue weighted by molar-refractivity contribution is 5.45. The number of hydrogen-bond donors (Lipinski definition) is 1. The molecule has 1 aliphatic carbocycles. The fraction of sp³-hybridized carbons (Fsp3) is 0.538. The highest BCUT2D eigenvalue weighted by atomic mass is 16.6. The zero-order chi connectivity index (χ0) is 13.0.